The molecule has 0 aliphatic rings. The highest BCUT2D eigenvalue weighted by Gasteiger charge is 2.36. The maximum absolute atomic E-state index is 13.2. The number of nitrogens with zero attached hydrogens (tertiary/aromatic N) is 4. The van der Waals surface area contributed by atoms with Gasteiger partial charge in [0.25, 0.3) is 0 Å². The third kappa shape index (κ3) is 3.93. The molecule has 0 spiro atoms. The van der Waals surface area contributed by atoms with Crippen LogP contribution < -0.4 is 9.64 Å². The van der Waals surface area contributed by atoms with E-state index in [-0.39, 0.29) is 11.8 Å². The summed E-state index contributed by atoms with van der Waals surface area (Å²) in [6, 6.07) is 7.99. The van der Waals surface area contributed by atoms with Crippen LogP contribution in [0.5, 0.6) is 6.01 Å². The molecule has 24 heavy (non-hydrogen) atoms. The summed E-state index contributed by atoms with van der Waals surface area (Å²) >= 11 is 0. The van der Waals surface area contributed by atoms with Crippen LogP contribution in [0.2, 0.25) is 0 Å². The summed E-state index contributed by atoms with van der Waals surface area (Å²) in [5.41, 5.74) is -0.0873. The van der Waals surface area contributed by atoms with Crippen molar-refractivity contribution in [3.8, 4) is 12.1 Å². The van der Waals surface area contributed by atoms with Crippen molar-refractivity contribution in [3.05, 3.63) is 41.6 Å². The van der Waals surface area contributed by atoms with Crippen molar-refractivity contribution in [3.63, 3.8) is 0 Å². The number of nitriles is 1. The number of hydrogen-bond donors (Lipinski definition) is 0. The van der Waals surface area contributed by atoms with Crippen molar-refractivity contribution in [2.45, 2.75) is 19.5 Å². The van der Waals surface area contributed by atoms with E-state index in [1.807, 2.05) is 13.0 Å². The van der Waals surface area contributed by atoms with Crippen LogP contribution in [0.3, 0.4) is 0 Å². The van der Waals surface area contributed by atoms with Crippen molar-refractivity contribution in [1.82, 2.24) is 9.97 Å². The summed E-state index contributed by atoms with van der Waals surface area (Å²) in [5.74, 6) is -0.312. The van der Waals surface area contributed by atoms with E-state index in [4.69, 9.17) is 10.00 Å². The average molecular weight is 336 g/mol. The van der Waals surface area contributed by atoms with E-state index in [0.717, 1.165) is 0 Å². The van der Waals surface area contributed by atoms with Gasteiger partial charge in [-0.05, 0) is 30.7 Å². The molecule has 8 heteroatoms. The van der Waals surface area contributed by atoms with Crippen LogP contribution in [0, 0.1) is 11.3 Å². The monoisotopic (exact) mass is 336 g/mol. The second kappa shape index (κ2) is 7.17. The summed E-state index contributed by atoms with van der Waals surface area (Å²) in [6.45, 7) is 2.18. The van der Waals surface area contributed by atoms with Crippen LogP contribution in [-0.4, -0.2) is 23.6 Å². The molecule has 0 saturated heterocycles. The molecule has 0 unspecified atom stereocenters. The second-order valence-electron chi connectivity index (χ2n) is 4.95. The largest absolute Gasteiger partial charge is 0.463 e. The van der Waals surface area contributed by atoms with Gasteiger partial charge in [0, 0.05) is 18.9 Å². The molecule has 0 radical (unpaired) electrons. The maximum Gasteiger partial charge on any atom is 0.421 e. The maximum atomic E-state index is 13.2. The number of alkyl halides is 3. The lowest BCUT2D eigenvalue weighted by Crippen LogP contribution is -2.19. The Morgan fingerprint density at radius 2 is 1.92 bits per heavy atom. The topological polar surface area (TPSA) is 62.0 Å². The molecule has 0 bridgehead atoms. The van der Waals surface area contributed by atoms with Crippen LogP contribution in [0.15, 0.2) is 30.5 Å². The highest BCUT2D eigenvalue weighted by atomic mass is 19.4. The smallest absolute Gasteiger partial charge is 0.421 e. The summed E-state index contributed by atoms with van der Waals surface area (Å²) in [5, 5.41) is 8.80. The number of halogens is 3. The van der Waals surface area contributed by atoms with Gasteiger partial charge in [-0.2, -0.15) is 23.4 Å². The Balaban J connectivity index is 2.45. The normalized spacial score (nSPS) is 11.0. The second-order valence-corrected chi connectivity index (χ2v) is 4.95. The van der Waals surface area contributed by atoms with E-state index in [1.165, 1.54) is 24.1 Å². The van der Waals surface area contributed by atoms with Gasteiger partial charge in [0.2, 0.25) is 0 Å². The number of anilines is 2. The van der Waals surface area contributed by atoms with E-state index >= 15 is 0 Å². The summed E-state index contributed by atoms with van der Waals surface area (Å²) in [7, 11) is 1.46. The molecule has 0 atom stereocenters. The average Bonchev–Trinajstić information content (AvgIpc) is 2.58. The minimum Gasteiger partial charge on any atom is -0.463 e. The van der Waals surface area contributed by atoms with Gasteiger partial charge in [-0.25, -0.2) is 4.98 Å². The lowest BCUT2D eigenvalue weighted by atomic mass is 10.2. The Hall–Kier alpha value is -2.82. The molecule has 0 N–H and O–H groups in total. The Labute approximate surface area is 137 Å². The van der Waals surface area contributed by atoms with Gasteiger partial charge in [0.1, 0.15) is 5.56 Å². The van der Waals surface area contributed by atoms with Gasteiger partial charge in [-0.3, -0.25) is 0 Å². The summed E-state index contributed by atoms with van der Waals surface area (Å²) in [6.07, 6.45) is -3.20. The minimum absolute atomic E-state index is 0.111. The van der Waals surface area contributed by atoms with Gasteiger partial charge < -0.3 is 9.64 Å². The SMILES string of the molecule is CCCOc1ncc(C(F)(F)F)c(N(C)c2ccc(C#N)cc2)n1. The predicted molar refractivity (Wildman–Crippen MR) is 82.0 cm³/mol. The van der Waals surface area contributed by atoms with E-state index < -0.39 is 11.7 Å². The first-order chi connectivity index (χ1) is 11.4. The lowest BCUT2D eigenvalue weighted by molar-refractivity contribution is -0.137. The molecule has 1 aromatic heterocycles. The zero-order chi connectivity index (χ0) is 17.7. The lowest BCUT2D eigenvalue weighted by Gasteiger charge is -2.22. The number of hydrogen-bond acceptors (Lipinski definition) is 5. The zero-order valence-corrected chi connectivity index (χ0v) is 13.1. The fourth-order valence-corrected chi connectivity index (χ4v) is 1.96. The zero-order valence-electron chi connectivity index (χ0n) is 13.1. The van der Waals surface area contributed by atoms with Crippen molar-refractivity contribution in [2.24, 2.45) is 0 Å². The van der Waals surface area contributed by atoms with Crippen LogP contribution >= 0.6 is 0 Å². The highest BCUT2D eigenvalue weighted by Crippen LogP contribution is 2.37. The minimum atomic E-state index is -4.60. The molecule has 1 heterocycles. The summed E-state index contributed by atoms with van der Waals surface area (Å²) in [4.78, 5) is 8.81. The molecule has 0 fully saturated rings. The molecule has 5 nitrogen and oxygen atoms in total. The Kier molecular flexibility index (Phi) is 5.24. The predicted octanol–water partition coefficient (Wildman–Crippen LogP) is 3.92. The third-order valence-corrected chi connectivity index (χ3v) is 3.19. The number of aromatic nitrogens is 2. The van der Waals surface area contributed by atoms with Gasteiger partial charge in [0.05, 0.1) is 18.2 Å². The van der Waals surface area contributed by atoms with Gasteiger partial charge >= 0.3 is 12.2 Å². The molecule has 2 aromatic rings. The quantitative estimate of drug-likeness (QED) is 0.828. The molecule has 0 aliphatic carbocycles. The van der Waals surface area contributed by atoms with Gasteiger partial charge in [-0.15, -0.1) is 0 Å². The molecule has 0 saturated carbocycles. The Morgan fingerprint density at radius 3 is 2.46 bits per heavy atom. The number of rotatable bonds is 5. The van der Waals surface area contributed by atoms with Gasteiger partial charge in [0.15, 0.2) is 5.82 Å². The van der Waals surface area contributed by atoms with Crippen molar-refractivity contribution < 1.29 is 17.9 Å². The van der Waals surface area contributed by atoms with Crippen LogP contribution in [0.1, 0.15) is 24.5 Å². The summed E-state index contributed by atoms with van der Waals surface area (Å²) < 4.78 is 44.9. The van der Waals surface area contributed by atoms with E-state index in [0.29, 0.717) is 30.5 Å². The standard InChI is InChI=1S/C16H15F3N4O/c1-3-8-24-15-21-10-13(16(17,18)19)14(22-15)23(2)12-6-4-11(9-20)5-7-12/h4-7,10H,3,8H2,1-2H3. The molecule has 126 valence electrons. The van der Waals surface area contributed by atoms with E-state index in [1.54, 1.807) is 12.1 Å². The fraction of sp³-hybridized carbons (Fsp3) is 0.312. The Morgan fingerprint density at radius 1 is 1.25 bits per heavy atom. The van der Waals surface area contributed by atoms with Crippen molar-refractivity contribution >= 4 is 11.5 Å². The number of benzene rings is 1. The Bertz CT molecular complexity index is 738. The van der Waals surface area contributed by atoms with E-state index in [2.05, 4.69) is 9.97 Å². The fourth-order valence-electron chi connectivity index (χ4n) is 1.96. The van der Waals surface area contributed by atoms with Crippen LogP contribution in [0.4, 0.5) is 24.7 Å². The van der Waals surface area contributed by atoms with Crippen molar-refractivity contribution in [2.75, 3.05) is 18.6 Å². The van der Waals surface area contributed by atoms with Crippen LogP contribution in [0.25, 0.3) is 0 Å². The molecular formula is C16H15F3N4O. The molecule has 0 aliphatic heterocycles. The van der Waals surface area contributed by atoms with E-state index in [9.17, 15) is 13.2 Å². The highest BCUT2D eigenvalue weighted by molar-refractivity contribution is 5.63. The number of ether oxygens (including phenoxy) is 1. The van der Waals surface area contributed by atoms with Gasteiger partial charge in [-0.1, -0.05) is 6.92 Å². The first-order valence-electron chi connectivity index (χ1n) is 7.17. The molecule has 1 aromatic carbocycles. The van der Waals surface area contributed by atoms with Crippen molar-refractivity contribution in [1.29, 1.82) is 5.26 Å². The third-order valence-electron chi connectivity index (χ3n) is 3.19. The first kappa shape index (κ1) is 17.5. The molecular weight excluding hydrogens is 321 g/mol. The molecule has 0 amide bonds. The van der Waals surface area contributed by atoms with Crippen LogP contribution in [-0.2, 0) is 6.18 Å². The first-order valence-corrected chi connectivity index (χ1v) is 7.17. The molecule has 2 rings (SSSR count).